The Morgan fingerprint density at radius 1 is 1.73 bits per heavy atom. The third-order valence-electron chi connectivity index (χ3n) is 2.70. The van der Waals surface area contributed by atoms with Crippen LogP contribution in [0.2, 0.25) is 0 Å². The predicted molar refractivity (Wildman–Crippen MR) is 54.6 cm³/mol. The van der Waals surface area contributed by atoms with Crippen molar-refractivity contribution in [2.75, 3.05) is 19.6 Å². The molecule has 2 rings (SSSR count). The molecule has 1 aromatic rings. The van der Waals surface area contributed by atoms with Crippen molar-refractivity contribution in [2.45, 2.75) is 19.9 Å². The van der Waals surface area contributed by atoms with Gasteiger partial charge in [-0.3, -0.25) is 4.79 Å². The van der Waals surface area contributed by atoms with Crippen LogP contribution >= 0.6 is 0 Å². The lowest BCUT2D eigenvalue weighted by Crippen LogP contribution is -2.52. The molecule has 1 fully saturated rings. The molecule has 0 unspecified atom stereocenters. The smallest absolute Gasteiger partial charge is 0.293 e. The van der Waals surface area contributed by atoms with E-state index in [9.17, 15) is 4.79 Å². The van der Waals surface area contributed by atoms with Crippen molar-refractivity contribution in [3.8, 4) is 0 Å². The van der Waals surface area contributed by atoms with Gasteiger partial charge in [0, 0.05) is 31.2 Å². The van der Waals surface area contributed by atoms with Gasteiger partial charge in [0.1, 0.15) is 0 Å². The minimum absolute atomic E-state index is 0.0565. The molecule has 5 heteroatoms. The van der Waals surface area contributed by atoms with Crippen LogP contribution in [0.3, 0.4) is 0 Å². The number of nitrogens with zero attached hydrogens (tertiary/aromatic N) is 2. The number of carbonyl (C=O) groups excluding carboxylic acids is 1. The van der Waals surface area contributed by atoms with Gasteiger partial charge in [0.2, 0.25) is 5.76 Å². The van der Waals surface area contributed by atoms with Crippen LogP contribution in [0.15, 0.2) is 10.7 Å². The molecule has 1 saturated heterocycles. The molecule has 0 radical (unpaired) electrons. The van der Waals surface area contributed by atoms with E-state index in [4.69, 9.17) is 4.52 Å². The number of aryl methyl sites for hydroxylation is 1. The van der Waals surface area contributed by atoms with Gasteiger partial charge in [-0.05, 0) is 13.8 Å². The fourth-order valence-corrected chi connectivity index (χ4v) is 1.77. The number of amides is 1. The van der Waals surface area contributed by atoms with Gasteiger partial charge in [0.05, 0.1) is 6.20 Å². The normalized spacial score (nSPS) is 21.7. The summed E-state index contributed by atoms with van der Waals surface area (Å²) in [5.74, 6) is 0.308. The maximum absolute atomic E-state index is 12.1. The Morgan fingerprint density at radius 3 is 3.13 bits per heavy atom. The molecule has 1 N–H and O–H groups in total. The monoisotopic (exact) mass is 209 g/mol. The molecule has 1 amide bonds. The zero-order valence-electron chi connectivity index (χ0n) is 8.99. The van der Waals surface area contributed by atoms with Crippen molar-refractivity contribution >= 4 is 5.91 Å². The maximum atomic E-state index is 12.1. The zero-order chi connectivity index (χ0) is 10.8. The maximum Gasteiger partial charge on any atom is 0.293 e. The first kappa shape index (κ1) is 10.2. The lowest BCUT2D eigenvalue weighted by Gasteiger charge is -2.33. The van der Waals surface area contributed by atoms with Crippen molar-refractivity contribution in [3.05, 3.63) is 17.5 Å². The van der Waals surface area contributed by atoms with E-state index in [1.165, 1.54) is 0 Å². The number of carbonyl (C=O) groups is 1. The molecule has 2 heterocycles. The van der Waals surface area contributed by atoms with E-state index in [1.807, 2.05) is 18.7 Å². The van der Waals surface area contributed by atoms with Gasteiger partial charge in [-0.2, -0.15) is 0 Å². The summed E-state index contributed by atoms with van der Waals surface area (Å²) in [6.07, 6.45) is 1.57. The standard InChI is InChI=1S/C10H15N3O2/c1-7-5-12-15-9(7)10(14)13-4-3-11-6-8(13)2/h5,8,11H,3-4,6H2,1-2H3/t8-/m0/s1. The summed E-state index contributed by atoms with van der Waals surface area (Å²) in [6, 6.07) is 0.204. The Bertz CT molecular complexity index is 361. The molecule has 82 valence electrons. The number of hydrogen-bond donors (Lipinski definition) is 1. The molecule has 0 spiro atoms. The number of hydrogen-bond acceptors (Lipinski definition) is 4. The highest BCUT2D eigenvalue weighted by Gasteiger charge is 2.27. The Morgan fingerprint density at radius 2 is 2.53 bits per heavy atom. The Hall–Kier alpha value is -1.36. The van der Waals surface area contributed by atoms with Crippen LogP contribution < -0.4 is 5.32 Å². The van der Waals surface area contributed by atoms with Gasteiger partial charge in [-0.25, -0.2) is 0 Å². The van der Waals surface area contributed by atoms with E-state index >= 15 is 0 Å². The molecule has 15 heavy (non-hydrogen) atoms. The van der Waals surface area contributed by atoms with Gasteiger partial charge in [0.15, 0.2) is 0 Å². The lowest BCUT2D eigenvalue weighted by atomic mass is 10.2. The number of nitrogens with one attached hydrogen (secondary N) is 1. The molecule has 1 aliphatic heterocycles. The largest absolute Gasteiger partial charge is 0.351 e. The highest BCUT2D eigenvalue weighted by molar-refractivity contribution is 5.92. The molecule has 1 aliphatic rings. The first-order chi connectivity index (χ1) is 7.20. The van der Waals surface area contributed by atoms with Crippen LogP contribution in [0.1, 0.15) is 23.0 Å². The van der Waals surface area contributed by atoms with Crippen LogP contribution in [0, 0.1) is 6.92 Å². The quantitative estimate of drug-likeness (QED) is 0.728. The molecule has 1 atom stereocenters. The summed E-state index contributed by atoms with van der Waals surface area (Å²) in [5.41, 5.74) is 0.797. The molecule has 0 aromatic carbocycles. The summed E-state index contributed by atoms with van der Waals surface area (Å²) >= 11 is 0. The molecule has 0 saturated carbocycles. The van der Waals surface area contributed by atoms with E-state index < -0.39 is 0 Å². The van der Waals surface area contributed by atoms with Crippen LogP contribution in [0.4, 0.5) is 0 Å². The summed E-state index contributed by atoms with van der Waals surface area (Å²) in [4.78, 5) is 13.9. The minimum Gasteiger partial charge on any atom is -0.351 e. The topological polar surface area (TPSA) is 58.4 Å². The Labute approximate surface area is 88.4 Å². The molecule has 0 aliphatic carbocycles. The summed E-state index contributed by atoms with van der Waals surface area (Å²) < 4.78 is 4.97. The first-order valence-electron chi connectivity index (χ1n) is 5.13. The average Bonchev–Trinajstić information content (AvgIpc) is 2.64. The van der Waals surface area contributed by atoms with Crippen molar-refractivity contribution < 1.29 is 9.32 Å². The Kier molecular flexibility index (Phi) is 2.73. The predicted octanol–water partition coefficient (Wildman–Crippen LogP) is 0.417. The zero-order valence-corrected chi connectivity index (χ0v) is 8.99. The molecule has 0 bridgehead atoms. The number of piperazine rings is 1. The van der Waals surface area contributed by atoms with Gasteiger partial charge in [-0.15, -0.1) is 0 Å². The van der Waals surface area contributed by atoms with Crippen LogP contribution in [0.5, 0.6) is 0 Å². The second-order valence-corrected chi connectivity index (χ2v) is 3.89. The second kappa shape index (κ2) is 4.02. The van der Waals surface area contributed by atoms with Crippen molar-refractivity contribution in [1.29, 1.82) is 0 Å². The van der Waals surface area contributed by atoms with E-state index in [1.54, 1.807) is 6.20 Å². The highest BCUT2D eigenvalue weighted by Crippen LogP contribution is 2.13. The van der Waals surface area contributed by atoms with Crippen LogP contribution in [0.25, 0.3) is 0 Å². The third-order valence-corrected chi connectivity index (χ3v) is 2.70. The molecule has 5 nitrogen and oxygen atoms in total. The Balaban J connectivity index is 2.17. The fourth-order valence-electron chi connectivity index (χ4n) is 1.77. The van der Waals surface area contributed by atoms with Gasteiger partial charge >= 0.3 is 0 Å². The summed E-state index contributed by atoms with van der Waals surface area (Å²) in [5, 5.41) is 6.86. The number of aromatic nitrogens is 1. The van der Waals surface area contributed by atoms with Crippen LogP contribution in [-0.4, -0.2) is 41.6 Å². The number of rotatable bonds is 1. The second-order valence-electron chi connectivity index (χ2n) is 3.89. The molecular weight excluding hydrogens is 194 g/mol. The third kappa shape index (κ3) is 1.87. The van der Waals surface area contributed by atoms with E-state index in [-0.39, 0.29) is 11.9 Å². The van der Waals surface area contributed by atoms with E-state index in [2.05, 4.69) is 10.5 Å². The van der Waals surface area contributed by atoms with Crippen molar-refractivity contribution in [3.63, 3.8) is 0 Å². The summed E-state index contributed by atoms with van der Waals surface area (Å²) in [6.45, 7) is 6.24. The molecule has 1 aromatic heterocycles. The van der Waals surface area contributed by atoms with Crippen molar-refractivity contribution in [1.82, 2.24) is 15.4 Å². The van der Waals surface area contributed by atoms with E-state index in [0.717, 1.165) is 25.2 Å². The SMILES string of the molecule is Cc1cnoc1C(=O)N1CCNC[C@@H]1C. The lowest BCUT2D eigenvalue weighted by molar-refractivity contribution is 0.0612. The van der Waals surface area contributed by atoms with Gasteiger partial charge < -0.3 is 14.7 Å². The van der Waals surface area contributed by atoms with Crippen LogP contribution in [-0.2, 0) is 0 Å². The highest BCUT2D eigenvalue weighted by atomic mass is 16.5. The van der Waals surface area contributed by atoms with E-state index in [0.29, 0.717) is 5.76 Å². The molecular formula is C10H15N3O2. The summed E-state index contributed by atoms with van der Waals surface area (Å²) in [7, 11) is 0. The minimum atomic E-state index is -0.0565. The fraction of sp³-hybridized carbons (Fsp3) is 0.600. The van der Waals surface area contributed by atoms with Crippen molar-refractivity contribution in [2.24, 2.45) is 0 Å². The first-order valence-corrected chi connectivity index (χ1v) is 5.13. The van der Waals surface area contributed by atoms with Gasteiger partial charge in [-0.1, -0.05) is 5.16 Å². The average molecular weight is 209 g/mol. The van der Waals surface area contributed by atoms with Gasteiger partial charge in [0.25, 0.3) is 5.91 Å².